The van der Waals surface area contributed by atoms with Crippen molar-refractivity contribution in [2.45, 2.75) is 44.6 Å². The number of amides is 2. The van der Waals surface area contributed by atoms with Crippen molar-refractivity contribution in [2.75, 3.05) is 18.4 Å². The molecule has 0 atom stereocenters. The first kappa shape index (κ1) is 25.4. The Labute approximate surface area is 201 Å². The molecular formula is C25H30N4O4S. The number of carbonyl (C=O) groups excluding carboxylic acids is 2. The Kier molecular flexibility index (Phi) is 8.42. The lowest BCUT2D eigenvalue weighted by atomic mass is 9.97. The van der Waals surface area contributed by atoms with E-state index in [4.69, 9.17) is 0 Å². The quantitative estimate of drug-likeness (QED) is 0.599. The first-order chi connectivity index (χ1) is 16.2. The van der Waals surface area contributed by atoms with Crippen molar-refractivity contribution in [2.24, 2.45) is 11.8 Å². The predicted molar refractivity (Wildman–Crippen MR) is 129 cm³/mol. The molecule has 9 heteroatoms. The Bertz CT molecular complexity index is 1180. The maximum absolute atomic E-state index is 13.0. The van der Waals surface area contributed by atoms with Gasteiger partial charge in [0, 0.05) is 37.7 Å². The number of hydrogen-bond acceptors (Lipinski definition) is 5. The van der Waals surface area contributed by atoms with Gasteiger partial charge in [-0.3, -0.25) is 9.59 Å². The molecule has 0 radical (unpaired) electrons. The van der Waals surface area contributed by atoms with Crippen LogP contribution < -0.4 is 10.6 Å². The summed E-state index contributed by atoms with van der Waals surface area (Å²) in [6.07, 6.45) is 1.26. The Hall–Kier alpha value is -3.22. The zero-order chi connectivity index (χ0) is 24.7. The molecule has 1 aliphatic rings. The van der Waals surface area contributed by atoms with Gasteiger partial charge in [0.2, 0.25) is 21.8 Å². The topological polar surface area (TPSA) is 119 Å². The van der Waals surface area contributed by atoms with Gasteiger partial charge in [0.1, 0.15) is 6.07 Å². The number of benzene rings is 2. The molecule has 8 nitrogen and oxygen atoms in total. The van der Waals surface area contributed by atoms with Crippen molar-refractivity contribution < 1.29 is 18.0 Å². The van der Waals surface area contributed by atoms with Gasteiger partial charge in [-0.2, -0.15) is 9.57 Å². The smallest absolute Gasteiger partial charge is 0.244 e. The van der Waals surface area contributed by atoms with Gasteiger partial charge in [0.05, 0.1) is 10.5 Å². The predicted octanol–water partition coefficient (Wildman–Crippen LogP) is 3.26. The van der Waals surface area contributed by atoms with E-state index >= 15 is 0 Å². The molecule has 1 aliphatic heterocycles. The van der Waals surface area contributed by atoms with Crippen LogP contribution in [0.15, 0.2) is 53.4 Å². The van der Waals surface area contributed by atoms with Crippen molar-refractivity contribution in [3.63, 3.8) is 0 Å². The van der Waals surface area contributed by atoms with Crippen molar-refractivity contribution in [3.05, 3.63) is 59.7 Å². The van der Waals surface area contributed by atoms with Crippen LogP contribution in [0.1, 0.15) is 44.2 Å². The van der Waals surface area contributed by atoms with E-state index in [0.29, 0.717) is 31.5 Å². The largest absolute Gasteiger partial charge is 0.352 e. The van der Waals surface area contributed by atoms with E-state index in [-0.39, 0.29) is 47.2 Å². The van der Waals surface area contributed by atoms with E-state index in [0.717, 1.165) is 5.56 Å². The molecule has 180 valence electrons. The summed E-state index contributed by atoms with van der Waals surface area (Å²) in [6.45, 7) is 4.73. The highest BCUT2D eigenvalue weighted by molar-refractivity contribution is 7.89. The summed E-state index contributed by atoms with van der Waals surface area (Å²) in [4.78, 5) is 24.7. The van der Waals surface area contributed by atoms with Gasteiger partial charge >= 0.3 is 0 Å². The monoisotopic (exact) mass is 482 g/mol. The minimum absolute atomic E-state index is 0.000712. The fourth-order valence-electron chi connectivity index (χ4n) is 3.96. The van der Waals surface area contributed by atoms with Gasteiger partial charge in [-0.15, -0.1) is 0 Å². The molecule has 3 rings (SSSR count). The number of nitrogens with zero attached hydrogens (tertiary/aromatic N) is 2. The molecule has 2 aromatic rings. The lowest BCUT2D eigenvalue weighted by molar-refractivity contribution is -0.126. The van der Waals surface area contributed by atoms with Crippen LogP contribution in [-0.2, 0) is 26.2 Å². The first-order valence-electron chi connectivity index (χ1n) is 11.4. The molecule has 0 saturated carbocycles. The second kappa shape index (κ2) is 11.3. The van der Waals surface area contributed by atoms with E-state index < -0.39 is 10.0 Å². The molecule has 2 amide bonds. The van der Waals surface area contributed by atoms with Crippen molar-refractivity contribution in [3.8, 4) is 6.07 Å². The van der Waals surface area contributed by atoms with E-state index in [1.54, 1.807) is 12.1 Å². The summed E-state index contributed by atoms with van der Waals surface area (Å²) in [5, 5.41) is 15.0. The molecular weight excluding hydrogens is 452 g/mol. The SMILES string of the molecule is CC(C)CC(=O)Nc1cccc(CNC(=O)C2CCN(S(=O)(=O)c3ccccc3C#N)CC2)c1. The zero-order valence-corrected chi connectivity index (χ0v) is 20.3. The molecule has 0 unspecified atom stereocenters. The standard InChI is InChI=1S/C25H30N4O4S/c1-18(2)14-24(30)28-22-8-5-6-19(15-22)17-27-25(31)20-10-12-29(13-11-20)34(32,33)23-9-4-3-7-21(23)16-26/h3-9,15,18,20H,10-14,17H2,1-2H3,(H,27,31)(H,28,30). The summed E-state index contributed by atoms with van der Waals surface area (Å²) in [7, 11) is -3.79. The van der Waals surface area contributed by atoms with Crippen LogP contribution in [0.3, 0.4) is 0 Å². The van der Waals surface area contributed by atoms with E-state index in [2.05, 4.69) is 10.6 Å². The molecule has 0 aromatic heterocycles. The van der Waals surface area contributed by atoms with Gasteiger partial charge in [-0.1, -0.05) is 38.1 Å². The third-order valence-electron chi connectivity index (χ3n) is 5.72. The summed E-state index contributed by atoms with van der Waals surface area (Å²) >= 11 is 0. The molecule has 1 fully saturated rings. The summed E-state index contributed by atoms with van der Waals surface area (Å²) in [5.41, 5.74) is 1.67. The number of rotatable bonds is 8. The van der Waals surface area contributed by atoms with Crippen LogP contribution in [0.2, 0.25) is 0 Å². The number of piperidine rings is 1. The fourth-order valence-corrected chi connectivity index (χ4v) is 5.57. The Morgan fingerprint density at radius 2 is 1.82 bits per heavy atom. The third kappa shape index (κ3) is 6.43. The van der Waals surface area contributed by atoms with Gasteiger partial charge in [-0.25, -0.2) is 8.42 Å². The minimum atomic E-state index is -3.79. The van der Waals surface area contributed by atoms with Crippen LogP contribution in [0.5, 0.6) is 0 Å². The average molecular weight is 483 g/mol. The van der Waals surface area contributed by atoms with E-state index in [1.165, 1.54) is 16.4 Å². The second-order valence-electron chi connectivity index (χ2n) is 8.85. The normalized spacial score (nSPS) is 15.0. The van der Waals surface area contributed by atoms with E-state index in [9.17, 15) is 23.3 Å². The van der Waals surface area contributed by atoms with Gasteiger partial charge in [0.25, 0.3) is 0 Å². The lowest BCUT2D eigenvalue weighted by Crippen LogP contribution is -2.43. The third-order valence-corrected chi connectivity index (χ3v) is 7.68. The number of carbonyl (C=O) groups is 2. The minimum Gasteiger partial charge on any atom is -0.352 e. The molecule has 2 aromatic carbocycles. The van der Waals surface area contributed by atoms with E-state index in [1.807, 2.05) is 44.2 Å². The van der Waals surface area contributed by atoms with Gasteiger partial charge in [-0.05, 0) is 48.6 Å². The molecule has 0 bridgehead atoms. The lowest BCUT2D eigenvalue weighted by Gasteiger charge is -2.30. The number of hydrogen-bond donors (Lipinski definition) is 2. The second-order valence-corrected chi connectivity index (χ2v) is 10.8. The number of nitriles is 1. The maximum atomic E-state index is 13.0. The molecule has 2 N–H and O–H groups in total. The van der Waals surface area contributed by atoms with Crippen LogP contribution >= 0.6 is 0 Å². The van der Waals surface area contributed by atoms with Crippen LogP contribution in [0.25, 0.3) is 0 Å². The Balaban J connectivity index is 1.53. The first-order valence-corrected chi connectivity index (χ1v) is 12.8. The summed E-state index contributed by atoms with van der Waals surface area (Å²) in [6, 6.07) is 15.4. The number of sulfonamides is 1. The highest BCUT2D eigenvalue weighted by Gasteiger charge is 2.33. The van der Waals surface area contributed by atoms with Crippen LogP contribution in [0, 0.1) is 23.2 Å². The van der Waals surface area contributed by atoms with Gasteiger partial charge < -0.3 is 10.6 Å². The van der Waals surface area contributed by atoms with Crippen LogP contribution in [0.4, 0.5) is 5.69 Å². The maximum Gasteiger partial charge on any atom is 0.244 e. The van der Waals surface area contributed by atoms with Crippen molar-refractivity contribution >= 4 is 27.5 Å². The van der Waals surface area contributed by atoms with Crippen molar-refractivity contribution in [1.29, 1.82) is 5.26 Å². The Morgan fingerprint density at radius 3 is 2.50 bits per heavy atom. The fraction of sp³-hybridized carbons (Fsp3) is 0.400. The molecule has 1 heterocycles. The molecule has 34 heavy (non-hydrogen) atoms. The Morgan fingerprint density at radius 1 is 1.12 bits per heavy atom. The van der Waals surface area contributed by atoms with Gasteiger partial charge in [0.15, 0.2) is 0 Å². The highest BCUT2D eigenvalue weighted by atomic mass is 32.2. The number of nitrogens with one attached hydrogen (secondary N) is 2. The zero-order valence-electron chi connectivity index (χ0n) is 19.5. The van der Waals surface area contributed by atoms with Crippen LogP contribution in [-0.4, -0.2) is 37.6 Å². The average Bonchev–Trinajstić information content (AvgIpc) is 2.82. The highest BCUT2D eigenvalue weighted by Crippen LogP contribution is 2.26. The molecule has 1 saturated heterocycles. The molecule has 0 aliphatic carbocycles. The molecule has 0 spiro atoms. The number of anilines is 1. The van der Waals surface area contributed by atoms with Crippen molar-refractivity contribution in [1.82, 2.24) is 9.62 Å². The summed E-state index contributed by atoms with van der Waals surface area (Å²) < 4.78 is 27.3. The summed E-state index contributed by atoms with van der Waals surface area (Å²) in [5.74, 6) is -0.185.